The third-order valence-corrected chi connectivity index (χ3v) is 5.18. The van der Waals surface area contributed by atoms with Crippen molar-refractivity contribution in [2.75, 3.05) is 24.8 Å². The molecule has 6 nitrogen and oxygen atoms in total. The van der Waals surface area contributed by atoms with Crippen molar-refractivity contribution in [3.05, 3.63) is 50.6 Å². The molecule has 2 aromatic rings. The molecule has 0 fully saturated rings. The Labute approximate surface area is 166 Å². The highest BCUT2D eigenvalue weighted by Crippen LogP contribution is 2.35. The fourth-order valence-corrected chi connectivity index (χ4v) is 3.89. The number of nitrogens with zero attached hydrogens (tertiary/aromatic N) is 3. The molecule has 1 N–H and O–H groups in total. The second kappa shape index (κ2) is 8.53. The van der Waals surface area contributed by atoms with Gasteiger partial charge in [-0.15, -0.1) is 16.5 Å². The summed E-state index contributed by atoms with van der Waals surface area (Å²) in [5.74, 6) is 0.732. The van der Waals surface area contributed by atoms with Gasteiger partial charge < -0.3 is 14.8 Å². The maximum Gasteiger partial charge on any atom is 0.434 e. The summed E-state index contributed by atoms with van der Waals surface area (Å²) in [6.07, 6.45) is -4.66. The molecule has 0 saturated heterocycles. The van der Waals surface area contributed by atoms with E-state index in [1.165, 1.54) is 25.0 Å². The van der Waals surface area contributed by atoms with Crippen LogP contribution in [0.5, 0.6) is 0 Å². The lowest BCUT2D eigenvalue weighted by atomic mass is 10.2. The first-order valence-electron chi connectivity index (χ1n) is 7.69. The van der Waals surface area contributed by atoms with E-state index in [1.54, 1.807) is 12.1 Å². The summed E-state index contributed by atoms with van der Waals surface area (Å²) in [6, 6.07) is 4.20. The standard InChI is InChI=1S/C16H17BrF3N3O3S/c1-4-27-10-6-5-7-21-12(10)14(24)22(2)13-9(17)8-11(16(18,19)20)23(26-3)15(13)25/h5-8,14,24H,4H2,1-3H3. The minimum absolute atomic E-state index is 0.129. The van der Waals surface area contributed by atoms with Crippen molar-refractivity contribution in [1.29, 1.82) is 0 Å². The van der Waals surface area contributed by atoms with Crippen molar-refractivity contribution in [2.45, 2.75) is 24.2 Å². The monoisotopic (exact) mass is 467 g/mol. The molecule has 11 heteroatoms. The molecule has 2 heterocycles. The summed E-state index contributed by atoms with van der Waals surface area (Å²) in [4.78, 5) is 23.2. The number of aliphatic hydroxyl groups excluding tert-OH is 1. The van der Waals surface area contributed by atoms with Crippen LogP contribution in [0.3, 0.4) is 0 Å². The maximum absolute atomic E-state index is 13.2. The van der Waals surface area contributed by atoms with E-state index < -0.39 is 23.7 Å². The Morgan fingerprint density at radius 2 is 2.15 bits per heavy atom. The Balaban J connectivity index is 2.57. The lowest BCUT2D eigenvalue weighted by Crippen LogP contribution is -2.38. The van der Waals surface area contributed by atoms with Crippen LogP contribution in [0, 0.1) is 0 Å². The lowest BCUT2D eigenvalue weighted by Gasteiger charge is -2.27. The highest BCUT2D eigenvalue weighted by molar-refractivity contribution is 9.10. The van der Waals surface area contributed by atoms with E-state index >= 15 is 0 Å². The summed E-state index contributed by atoms with van der Waals surface area (Å²) in [5, 5.41) is 10.7. The molecule has 1 atom stereocenters. The van der Waals surface area contributed by atoms with Crippen molar-refractivity contribution in [3.8, 4) is 0 Å². The molecule has 0 bridgehead atoms. The molecule has 0 radical (unpaired) electrons. The van der Waals surface area contributed by atoms with Gasteiger partial charge in [-0.05, 0) is 39.9 Å². The van der Waals surface area contributed by atoms with E-state index in [4.69, 9.17) is 0 Å². The number of hydrogen-bond acceptors (Lipinski definition) is 6. The van der Waals surface area contributed by atoms with E-state index in [0.29, 0.717) is 10.6 Å². The number of alkyl halides is 3. The third-order valence-electron chi connectivity index (χ3n) is 3.63. The van der Waals surface area contributed by atoms with Gasteiger partial charge in [0.05, 0.1) is 0 Å². The van der Waals surface area contributed by atoms with Gasteiger partial charge in [0.15, 0.2) is 11.9 Å². The van der Waals surface area contributed by atoms with Crippen LogP contribution in [0.4, 0.5) is 18.9 Å². The van der Waals surface area contributed by atoms with Crippen LogP contribution in [0.15, 0.2) is 38.6 Å². The maximum atomic E-state index is 13.2. The average molecular weight is 468 g/mol. The molecule has 0 aliphatic carbocycles. The van der Waals surface area contributed by atoms with Crippen LogP contribution in [0.25, 0.3) is 0 Å². The van der Waals surface area contributed by atoms with Gasteiger partial charge in [0, 0.05) is 22.6 Å². The Morgan fingerprint density at radius 3 is 2.70 bits per heavy atom. The fourth-order valence-electron chi connectivity index (χ4n) is 2.43. The van der Waals surface area contributed by atoms with E-state index in [9.17, 15) is 23.1 Å². The molecule has 2 aromatic heterocycles. The van der Waals surface area contributed by atoms with Gasteiger partial charge in [-0.3, -0.25) is 9.78 Å². The minimum atomic E-state index is -4.79. The van der Waals surface area contributed by atoms with Crippen LogP contribution in [-0.2, 0) is 6.18 Å². The molecule has 1 unspecified atom stereocenters. The molecule has 0 amide bonds. The molecule has 0 saturated carbocycles. The second-order valence-corrected chi connectivity index (χ2v) is 7.47. The summed E-state index contributed by atoms with van der Waals surface area (Å²) >= 11 is 4.44. The van der Waals surface area contributed by atoms with Crippen LogP contribution in [0.1, 0.15) is 24.5 Å². The summed E-state index contributed by atoms with van der Waals surface area (Å²) in [6.45, 7) is 1.93. The van der Waals surface area contributed by atoms with Gasteiger partial charge in [0.1, 0.15) is 18.5 Å². The molecule has 2 rings (SSSR count). The zero-order chi connectivity index (χ0) is 20.4. The Kier molecular flexibility index (Phi) is 6.82. The topological polar surface area (TPSA) is 67.6 Å². The molecule has 0 spiro atoms. The minimum Gasteiger partial charge on any atom is -0.413 e. The van der Waals surface area contributed by atoms with Crippen molar-refractivity contribution < 1.29 is 23.1 Å². The molecule has 27 heavy (non-hydrogen) atoms. The van der Waals surface area contributed by atoms with E-state index in [0.717, 1.165) is 23.8 Å². The summed E-state index contributed by atoms with van der Waals surface area (Å²) in [7, 11) is 2.34. The first-order chi connectivity index (χ1) is 12.6. The zero-order valence-corrected chi connectivity index (χ0v) is 17.0. The molecular weight excluding hydrogens is 451 g/mol. The van der Waals surface area contributed by atoms with Gasteiger partial charge in [0.2, 0.25) is 0 Å². The molecule has 148 valence electrons. The molecule has 0 aromatic carbocycles. The van der Waals surface area contributed by atoms with Crippen LogP contribution in [-0.4, -0.2) is 34.7 Å². The van der Waals surface area contributed by atoms with Crippen LogP contribution in [0.2, 0.25) is 0 Å². The Bertz CT molecular complexity index is 876. The van der Waals surface area contributed by atoms with Crippen molar-refractivity contribution in [3.63, 3.8) is 0 Å². The SMILES string of the molecule is CCSc1cccnc1C(O)N(C)c1c(Br)cc(C(F)(F)F)n(OC)c1=O. The van der Waals surface area contributed by atoms with Crippen molar-refractivity contribution in [1.82, 2.24) is 9.71 Å². The van der Waals surface area contributed by atoms with E-state index in [2.05, 4.69) is 25.8 Å². The zero-order valence-electron chi connectivity index (χ0n) is 14.6. The van der Waals surface area contributed by atoms with Crippen molar-refractivity contribution >= 4 is 33.4 Å². The third kappa shape index (κ3) is 4.41. The first kappa shape index (κ1) is 21.6. The summed E-state index contributed by atoms with van der Waals surface area (Å²) < 4.78 is 39.5. The normalized spacial score (nSPS) is 12.7. The van der Waals surface area contributed by atoms with Crippen molar-refractivity contribution in [2.24, 2.45) is 0 Å². The number of anilines is 1. The van der Waals surface area contributed by atoms with Gasteiger partial charge >= 0.3 is 11.7 Å². The van der Waals surface area contributed by atoms with E-state index in [1.807, 2.05) is 6.92 Å². The highest BCUT2D eigenvalue weighted by atomic mass is 79.9. The number of hydrogen-bond donors (Lipinski definition) is 1. The van der Waals surface area contributed by atoms with Gasteiger partial charge in [-0.1, -0.05) is 6.92 Å². The number of rotatable bonds is 6. The first-order valence-corrected chi connectivity index (χ1v) is 9.47. The molecule has 0 aliphatic heterocycles. The predicted octanol–water partition coefficient (Wildman–Crippen LogP) is 3.32. The Morgan fingerprint density at radius 1 is 1.48 bits per heavy atom. The number of aromatic nitrogens is 2. The Hall–Kier alpha value is -1.72. The number of halogens is 4. The van der Waals surface area contributed by atoms with Crippen LogP contribution >= 0.6 is 27.7 Å². The highest BCUT2D eigenvalue weighted by Gasteiger charge is 2.38. The smallest absolute Gasteiger partial charge is 0.413 e. The average Bonchev–Trinajstić information content (AvgIpc) is 2.60. The quantitative estimate of drug-likeness (QED) is 0.519. The second-order valence-electron chi connectivity index (χ2n) is 5.31. The summed E-state index contributed by atoms with van der Waals surface area (Å²) in [5.41, 5.74) is -2.24. The molecular formula is C16H17BrF3N3O3S. The number of pyridine rings is 2. The van der Waals surface area contributed by atoms with E-state index in [-0.39, 0.29) is 14.9 Å². The number of thioether (sulfide) groups is 1. The van der Waals surface area contributed by atoms with Gasteiger partial charge in [-0.25, -0.2) is 0 Å². The predicted molar refractivity (Wildman–Crippen MR) is 99.9 cm³/mol. The fraction of sp³-hybridized carbons (Fsp3) is 0.375. The molecule has 0 aliphatic rings. The lowest BCUT2D eigenvalue weighted by molar-refractivity contribution is -0.151. The van der Waals surface area contributed by atoms with Gasteiger partial charge in [0.25, 0.3) is 0 Å². The van der Waals surface area contributed by atoms with Gasteiger partial charge in [-0.2, -0.15) is 13.2 Å². The van der Waals surface area contributed by atoms with Crippen LogP contribution < -0.4 is 15.3 Å². The number of aliphatic hydroxyl groups is 1. The largest absolute Gasteiger partial charge is 0.434 e.